The molecule has 0 radical (unpaired) electrons. The van der Waals surface area contributed by atoms with Crippen molar-refractivity contribution in [2.24, 2.45) is 5.14 Å². The van der Waals surface area contributed by atoms with Gasteiger partial charge in [-0.15, -0.1) is 0 Å². The minimum Gasteiger partial charge on any atom is -0.495 e. The molecule has 0 fully saturated rings. The lowest BCUT2D eigenvalue weighted by atomic mass is 10.3. The molecule has 0 atom stereocenters. The van der Waals surface area contributed by atoms with Crippen molar-refractivity contribution in [1.82, 2.24) is 0 Å². The number of hydrogen-bond donors (Lipinski definition) is 2. The number of sulfonamides is 1. The van der Waals surface area contributed by atoms with E-state index in [0.29, 0.717) is 0 Å². The molecule has 1 aromatic carbocycles. The van der Waals surface area contributed by atoms with Crippen LogP contribution in [0.5, 0.6) is 5.75 Å². The smallest absolute Gasteiger partial charge is 0.241 e. The van der Waals surface area contributed by atoms with E-state index in [1.807, 2.05) is 0 Å². The van der Waals surface area contributed by atoms with Gasteiger partial charge in [0.1, 0.15) is 16.4 Å². The number of carbonyl (C=O) groups is 1. The summed E-state index contributed by atoms with van der Waals surface area (Å²) in [6.07, 6.45) is 0.913. The molecule has 1 rings (SSSR count). The van der Waals surface area contributed by atoms with Crippen molar-refractivity contribution >= 4 is 31.5 Å². The van der Waals surface area contributed by atoms with Crippen molar-refractivity contribution in [2.45, 2.75) is 4.90 Å². The van der Waals surface area contributed by atoms with E-state index in [0.717, 1.165) is 12.3 Å². The van der Waals surface area contributed by atoms with Gasteiger partial charge >= 0.3 is 0 Å². The van der Waals surface area contributed by atoms with Gasteiger partial charge in [0.05, 0.1) is 7.11 Å². The molecule has 20 heavy (non-hydrogen) atoms. The number of amides is 1. The number of primary sulfonamides is 1. The van der Waals surface area contributed by atoms with E-state index in [9.17, 15) is 21.6 Å². The summed E-state index contributed by atoms with van der Waals surface area (Å²) in [5.41, 5.74) is 0.100. The Bertz CT molecular complexity index is 724. The normalized spacial score (nSPS) is 11.9. The fourth-order valence-corrected chi connectivity index (χ4v) is 2.68. The lowest BCUT2D eigenvalue weighted by molar-refractivity contribution is -0.113. The van der Waals surface area contributed by atoms with Crippen molar-refractivity contribution in [3.05, 3.63) is 18.2 Å². The van der Waals surface area contributed by atoms with E-state index in [1.165, 1.54) is 19.2 Å². The first-order valence-corrected chi connectivity index (χ1v) is 8.82. The Kier molecular flexibility index (Phi) is 4.73. The molecule has 0 aliphatic rings. The number of methoxy groups -OCH3 is 1. The molecule has 1 amide bonds. The second-order valence-electron chi connectivity index (χ2n) is 4.03. The highest BCUT2D eigenvalue weighted by Gasteiger charge is 2.17. The summed E-state index contributed by atoms with van der Waals surface area (Å²) in [6, 6.07) is 3.76. The molecule has 0 aromatic heterocycles. The lowest BCUT2D eigenvalue weighted by Gasteiger charge is -2.10. The molecule has 10 heteroatoms. The molecule has 8 nitrogen and oxygen atoms in total. The summed E-state index contributed by atoms with van der Waals surface area (Å²) in [5, 5.41) is 7.29. The molecule has 0 spiro atoms. The number of ether oxygens (including phenoxy) is 1. The van der Waals surface area contributed by atoms with Crippen LogP contribution in [0, 0.1) is 0 Å². The van der Waals surface area contributed by atoms with Crippen LogP contribution in [0.2, 0.25) is 0 Å². The molecule has 0 aliphatic carbocycles. The number of nitrogens with two attached hydrogens (primary N) is 1. The fraction of sp³-hybridized carbons (Fsp3) is 0.300. The van der Waals surface area contributed by atoms with Gasteiger partial charge < -0.3 is 10.1 Å². The Hall–Kier alpha value is -1.65. The Balaban J connectivity index is 3.08. The van der Waals surface area contributed by atoms with Crippen LogP contribution in [-0.4, -0.2) is 41.9 Å². The van der Waals surface area contributed by atoms with Crippen LogP contribution in [0.25, 0.3) is 0 Å². The zero-order chi connectivity index (χ0) is 15.6. The van der Waals surface area contributed by atoms with Gasteiger partial charge in [-0.2, -0.15) is 0 Å². The first kappa shape index (κ1) is 16.4. The van der Waals surface area contributed by atoms with Crippen LogP contribution in [-0.2, 0) is 24.7 Å². The fourth-order valence-electron chi connectivity index (χ4n) is 1.41. The van der Waals surface area contributed by atoms with Crippen molar-refractivity contribution in [3.63, 3.8) is 0 Å². The van der Waals surface area contributed by atoms with Crippen LogP contribution >= 0.6 is 0 Å². The van der Waals surface area contributed by atoms with Crippen LogP contribution < -0.4 is 15.2 Å². The SMILES string of the molecule is COc1ccc(NC(=O)CS(C)(=O)=O)cc1S(N)(=O)=O. The minimum absolute atomic E-state index is 0.0219. The molecule has 0 aliphatic heterocycles. The van der Waals surface area contributed by atoms with Crippen LogP contribution in [0.4, 0.5) is 5.69 Å². The number of rotatable bonds is 5. The van der Waals surface area contributed by atoms with E-state index in [1.54, 1.807) is 0 Å². The number of benzene rings is 1. The topological polar surface area (TPSA) is 133 Å². The summed E-state index contributed by atoms with van der Waals surface area (Å²) < 4.78 is 49.5. The second kappa shape index (κ2) is 5.77. The third-order valence-electron chi connectivity index (χ3n) is 2.15. The van der Waals surface area contributed by atoms with E-state index >= 15 is 0 Å². The number of nitrogens with one attached hydrogen (secondary N) is 1. The third kappa shape index (κ3) is 4.79. The maximum Gasteiger partial charge on any atom is 0.241 e. The molecule has 0 saturated heterocycles. The number of anilines is 1. The Labute approximate surface area is 116 Å². The quantitative estimate of drug-likeness (QED) is 0.738. The lowest BCUT2D eigenvalue weighted by Crippen LogP contribution is -2.22. The van der Waals surface area contributed by atoms with Crippen molar-refractivity contribution in [2.75, 3.05) is 24.4 Å². The first-order valence-electron chi connectivity index (χ1n) is 5.21. The van der Waals surface area contributed by atoms with Crippen molar-refractivity contribution < 1.29 is 26.4 Å². The van der Waals surface area contributed by atoms with Crippen molar-refractivity contribution in [1.29, 1.82) is 0 Å². The van der Waals surface area contributed by atoms with Gasteiger partial charge in [0.2, 0.25) is 15.9 Å². The largest absolute Gasteiger partial charge is 0.495 e. The zero-order valence-electron chi connectivity index (χ0n) is 10.8. The van der Waals surface area contributed by atoms with Crippen LogP contribution in [0.1, 0.15) is 0 Å². The molecule has 0 saturated carbocycles. The van der Waals surface area contributed by atoms with Gasteiger partial charge in [-0.3, -0.25) is 4.79 Å². The summed E-state index contributed by atoms with van der Waals surface area (Å²) in [4.78, 5) is 11.1. The predicted molar refractivity (Wildman–Crippen MR) is 72.7 cm³/mol. The molecule has 0 bridgehead atoms. The summed E-state index contributed by atoms with van der Waals surface area (Å²) in [7, 11) is -6.24. The summed E-state index contributed by atoms with van der Waals surface area (Å²) >= 11 is 0. The number of sulfone groups is 1. The maximum absolute atomic E-state index is 11.4. The molecule has 1 aromatic rings. The Morgan fingerprint density at radius 1 is 1.30 bits per heavy atom. The van der Waals surface area contributed by atoms with Crippen LogP contribution in [0.15, 0.2) is 23.1 Å². The molecule has 112 valence electrons. The van der Waals surface area contributed by atoms with Gasteiger partial charge in [0.25, 0.3) is 0 Å². The average Bonchev–Trinajstić information content (AvgIpc) is 2.25. The van der Waals surface area contributed by atoms with Gasteiger partial charge in [-0.1, -0.05) is 0 Å². The minimum atomic E-state index is -4.03. The molecule has 0 unspecified atom stereocenters. The molecule has 3 N–H and O–H groups in total. The Morgan fingerprint density at radius 3 is 2.35 bits per heavy atom. The summed E-state index contributed by atoms with van der Waals surface area (Å²) in [6.45, 7) is 0. The number of hydrogen-bond acceptors (Lipinski definition) is 6. The highest BCUT2D eigenvalue weighted by atomic mass is 32.2. The third-order valence-corrected chi connectivity index (χ3v) is 3.87. The first-order chi connectivity index (χ1) is 9.03. The number of carbonyl (C=O) groups excluding carboxylic acids is 1. The van der Waals surface area contributed by atoms with E-state index in [-0.39, 0.29) is 16.3 Å². The van der Waals surface area contributed by atoms with Gasteiger partial charge in [0.15, 0.2) is 9.84 Å². The van der Waals surface area contributed by atoms with E-state index < -0.39 is 31.5 Å². The van der Waals surface area contributed by atoms with Crippen molar-refractivity contribution in [3.8, 4) is 5.75 Å². The molecular weight excluding hydrogens is 308 g/mol. The molecular formula is C10H14N2O6S2. The second-order valence-corrected chi connectivity index (χ2v) is 7.70. The van der Waals surface area contributed by atoms with Crippen LogP contribution in [0.3, 0.4) is 0 Å². The van der Waals surface area contributed by atoms with Gasteiger partial charge in [-0.05, 0) is 18.2 Å². The molecule has 0 heterocycles. The highest BCUT2D eigenvalue weighted by Crippen LogP contribution is 2.25. The standard InChI is InChI=1S/C10H14N2O6S2/c1-18-8-4-3-7(5-9(8)20(11,16)17)12-10(13)6-19(2,14)15/h3-5H,6H2,1-2H3,(H,12,13)(H2,11,16,17). The highest BCUT2D eigenvalue weighted by molar-refractivity contribution is 7.91. The predicted octanol–water partition coefficient (Wildman–Crippen LogP) is -0.674. The zero-order valence-corrected chi connectivity index (χ0v) is 12.4. The average molecular weight is 322 g/mol. The maximum atomic E-state index is 11.4. The van der Waals surface area contributed by atoms with Gasteiger partial charge in [0, 0.05) is 11.9 Å². The Morgan fingerprint density at radius 2 is 1.90 bits per heavy atom. The monoisotopic (exact) mass is 322 g/mol. The van der Waals surface area contributed by atoms with Gasteiger partial charge in [-0.25, -0.2) is 22.0 Å². The van der Waals surface area contributed by atoms with E-state index in [2.05, 4.69) is 5.32 Å². The van der Waals surface area contributed by atoms with E-state index in [4.69, 9.17) is 9.88 Å². The summed E-state index contributed by atoms with van der Waals surface area (Å²) in [5.74, 6) is -1.46.